The lowest BCUT2D eigenvalue weighted by atomic mass is 10.0. The number of ether oxygens (including phenoxy) is 3. The second-order valence-corrected chi connectivity index (χ2v) is 4.05. The van der Waals surface area contributed by atoms with E-state index in [-0.39, 0.29) is 5.78 Å². The van der Waals surface area contributed by atoms with Gasteiger partial charge in [0, 0.05) is 13.7 Å². The highest BCUT2D eigenvalue weighted by atomic mass is 16.5. The molecular formula is C15H22O4. The third kappa shape index (κ3) is 4.65. The normalized spacial score (nSPS) is 12.2. The summed E-state index contributed by atoms with van der Waals surface area (Å²) in [6.07, 6.45) is 0.246. The van der Waals surface area contributed by atoms with Crippen molar-refractivity contribution in [3.05, 3.63) is 29.8 Å². The number of ketones is 1. The van der Waals surface area contributed by atoms with Crippen molar-refractivity contribution in [3.8, 4) is 5.75 Å². The second-order valence-electron chi connectivity index (χ2n) is 4.05. The van der Waals surface area contributed by atoms with Crippen molar-refractivity contribution in [2.45, 2.75) is 26.4 Å². The summed E-state index contributed by atoms with van der Waals surface area (Å²) in [5.74, 6) is 0.556. The molecular weight excluding hydrogens is 244 g/mol. The number of methoxy groups -OCH3 is 1. The van der Waals surface area contributed by atoms with Crippen molar-refractivity contribution in [1.82, 2.24) is 0 Å². The quantitative estimate of drug-likeness (QED) is 0.509. The maximum absolute atomic E-state index is 12.4. The molecule has 106 valence electrons. The van der Waals surface area contributed by atoms with Gasteiger partial charge in [-0.25, -0.2) is 0 Å². The van der Waals surface area contributed by atoms with E-state index in [1.165, 1.54) is 0 Å². The maximum atomic E-state index is 12.4. The highest BCUT2D eigenvalue weighted by molar-refractivity contribution is 6.01. The van der Waals surface area contributed by atoms with E-state index >= 15 is 0 Å². The number of rotatable bonds is 9. The number of carbonyl (C=O) groups excluding carboxylic acids is 1. The number of benzene rings is 1. The SMILES string of the molecule is CCOC(CC)C(=O)c1ccccc1OCCOC. The van der Waals surface area contributed by atoms with Gasteiger partial charge in [-0.1, -0.05) is 19.1 Å². The molecule has 19 heavy (non-hydrogen) atoms. The monoisotopic (exact) mass is 266 g/mol. The summed E-state index contributed by atoms with van der Waals surface area (Å²) < 4.78 is 16.0. The van der Waals surface area contributed by atoms with Crippen molar-refractivity contribution < 1.29 is 19.0 Å². The van der Waals surface area contributed by atoms with Crippen molar-refractivity contribution in [1.29, 1.82) is 0 Å². The first-order valence-corrected chi connectivity index (χ1v) is 6.61. The van der Waals surface area contributed by atoms with Crippen LogP contribution in [0.15, 0.2) is 24.3 Å². The van der Waals surface area contributed by atoms with E-state index in [1.54, 1.807) is 19.2 Å². The minimum atomic E-state index is -0.405. The Bertz CT molecular complexity index is 389. The highest BCUT2D eigenvalue weighted by Crippen LogP contribution is 2.21. The first-order valence-electron chi connectivity index (χ1n) is 6.61. The van der Waals surface area contributed by atoms with Gasteiger partial charge < -0.3 is 14.2 Å². The van der Waals surface area contributed by atoms with Crippen molar-refractivity contribution in [3.63, 3.8) is 0 Å². The molecule has 0 heterocycles. The predicted molar refractivity (Wildman–Crippen MR) is 73.8 cm³/mol. The molecule has 0 amide bonds. The molecule has 0 aliphatic carbocycles. The minimum absolute atomic E-state index is 0.0302. The third-order valence-electron chi connectivity index (χ3n) is 2.73. The summed E-state index contributed by atoms with van der Waals surface area (Å²) in [7, 11) is 1.61. The van der Waals surface area contributed by atoms with Gasteiger partial charge in [-0.15, -0.1) is 0 Å². The van der Waals surface area contributed by atoms with E-state index in [2.05, 4.69) is 0 Å². The van der Waals surface area contributed by atoms with Crippen LogP contribution in [0.1, 0.15) is 30.6 Å². The van der Waals surface area contributed by atoms with Crippen LogP contribution in [0.4, 0.5) is 0 Å². The summed E-state index contributed by atoms with van der Waals surface area (Å²) in [6, 6.07) is 7.24. The van der Waals surface area contributed by atoms with Gasteiger partial charge in [0.25, 0.3) is 0 Å². The summed E-state index contributed by atoms with van der Waals surface area (Å²) in [4.78, 5) is 12.4. The molecule has 0 saturated heterocycles. The van der Waals surface area contributed by atoms with Crippen LogP contribution in [0.2, 0.25) is 0 Å². The Morgan fingerprint density at radius 2 is 1.95 bits per heavy atom. The zero-order chi connectivity index (χ0) is 14.1. The van der Waals surface area contributed by atoms with Crippen molar-refractivity contribution in [2.24, 2.45) is 0 Å². The van der Waals surface area contributed by atoms with Crippen LogP contribution in [0, 0.1) is 0 Å². The van der Waals surface area contributed by atoms with Gasteiger partial charge in [-0.2, -0.15) is 0 Å². The van der Waals surface area contributed by atoms with Crippen molar-refractivity contribution >= 4 is 5.78 Å². The Labute approximate surface area is 114 Å². The van der Waals surface area contributed by atoms with E-state index in [0.717, 1.165) is 0 Å². The molecule has 4 nitrogen and oxygen atoms in total. The smallest absolute Gasteiger partial charge is 0.195 e. The molecule has 0 fully saturated rings. The van der Waals surface area contributed by atoms with Gasteiger partial charge in [0.1, 0.15) is 18.5 Å². The molecule has 0 bridgehead atoms. The first-order chi connectivity index (χ1) is 9.24. The number of carbonyl (C=O) groups is 1. The Morgan fingerprint density at radius 1 is 1.21 bits per heavy atom. The summed E-state index contributed by atoms with van der Waals surface area (Å²) in [5.41, 5.74) is 0.568. The van der Waals surface area contributed by atoms with Crippen LogP contribution in [0.3, 0.4) is 0 Å². The molecule has 1 atom stereocenters. The fraction of sp³-hybridized carbons (Fsp3) is 0.533. The topological polar surface area (TPSA) is 44.8 Å². The minimum Gasteiger partial charge on any atom is -0.490 e. The lowest BCUT2D eigenvalue weighted by Gasteiger charge is -2.16. The van der Waals surface area contributed by atoms with Crippen LogP contribution in [-0.4, -0.2) is 38.8 Å². The Balaban J connectivity index is 2.82. The van der Waals surface area contributed by atoms with Crippen LogP contribution >= 0.6 is 0 Å². The highest BCUT2D eigenvalue weighted by Gasteiger charge is 2.21. The molecule has 0 aliphatic rings. The van der Waals surface area contributed by atoms with Gasteiger partial charge in [-0.3, -0.25) is 4.79 Å². The van der Waals surface area contributed by atoms with E-state index < -0.39 is 6.10 Å². The molecule has 0 spiro atoms. The van der Waals surface area contributed by atoms with E-state index in [9.17, 15) is 4.79 Å². The van der Waals surface area contributed by atoms with Gasteiger partial charge in [0.2, 0.25) is 0 Å². The van der Waals surface area contributed by atoms with E-state index in [0.29, 0.717) is 37.6 Å². The largest absolute Gasteiger partial charge is 0.490 e. The Kier molecular flexibility index (Phi) is 7.15. The molecule has 0 N–H and O–H groups in total. The van der Waals surface area contributed by atoms with Gasteiger partial charge in [-0.05, 0) is 25.5 Å². The van der Waals surface area contributed by atoms with E-state index in [4.69, 9.17) is 14.2 Å². The predicted octanol–water partition coefficient (Wildman–Crippen LogP) is 2.71. The molecule has 0 radical (unpaired) electrons. The zero-order valence-corrected chi connectivity index (χ0v) is 11.8. The third-order valence-corrected chi connectivity index (χ3v) is 2.73. The van der Waals surface area contributed by atoms with Crippen molar-refractivity contribution in [2.75, 3.05) is 26.9 Å². The maximum Gasteiger partial charge on any atom is 0.195 e. The van der Waals surface area contributed by atoms with Gasteiger partial charge in [0.05, 0.1) is 12.2 Å². The summed E-state index contributed by atoms with van der Waals surface area (Å²) in [5, 5.41) is 0. The molecule has 0 aliphatic heterocycles. The zero-order valence-electron chi connectivity index (χ0n) is 11.8. The van der Waals surface area contributed by atoms with E-state index in [1.807, 2.05) is 26.0 Å². The molecule has 1 unspecified atom stereocenters. The van der Waals surface area contributed by atoms with Gasteiger partial charge in [0.15, 0.2) is 5.78 Å². The molecule has 1 aromatic rings. The average Bonchev–Trinajstić information content (AvgIpc) is 2.45. The summed E-state index contributed by atoms with van der Waals surface area (Å²) in [6.45, 7) is 5.26. The van der Waals surface area contributed by atoms with Crippen LogP contribution < -0.4 is 4.74 Å². The van der Waals surface area contributed by atoms with Crippen LogP contribution in [0.25, 0.3) is 0 Å². The number of hydrogen-bond acceptors (Lipinski definition) is 4. The molecule has 1 rings (SSSR count). The lowest BCUT2D eigenvalue weighted by Crippen LogP contribution is -2.24. The lowest BCUT2D eigenvalue weighted by molar-refractivity contribution is 0.0439. The molecule has 0 aromatic heterocycles. The number of hydrogen-bond donors (Lipinski definition) is 0. The molecule has 0 saturated carbocycles. The van der Waals surface area contributed by atoms with Crippen LogP contribution in [0.5, 0.6) is 5.75 Å². The summed E-state index contributed by atoms with van der Waals surface area (Å²) >= 11 is 0. The van der Waals surface area contributed by atoms with Crippen LogP contribution in [-0.2, 0) is 9.47 Å². The molecule has 1 aromatic carbocycles. The molecule has 4 heteroatoms. The standard InChI is InChI=1S/C15H22O4/c1-4-13(18-5-2)15(16)12-8-6-7-9-14(12)19-11-10-17-3/h6-9,13H,4-5,10-11H2,1-3H3. The first kappa shape index (κ1) is 15.7. The Hall–Kier alpha value is -1.39. The second kappa shape index (κ2) is 8.67. The average molecular weight is 266 g/mol. The fourth-order valence-corrected chi connectivity index (χ4v) is 1.78. The number of para-hydroxylation sites is 1. The van der Waals surface area contributed by atoms with Gasteiger partial charge >= 0.3 is 0 Å². The Morgan fingerprint density at radius 3 is 2.58 bits per heavy atom. The fourth-order valence-electron chi connectivity index (χ4n) is 1.78. The number of Topliss-reactive ketones (excluding diaryl/α,β-unsaturated/α-hetero) is 1.